The largest absolute Gasteiger partial charge is 0.294 e. The molecular formula is C23H20O3S. The van der Waals surface area contributed by atoms with Crippen LogP contribution in [0.1, 0.15) is 18.4 Å². The van der Waals surface area contributed by atoms with E-state index in [0.717, 1.165) is 24.0 Å². The molecule has 0 aromatic heterocycles. The molecule has 5 aliphatic carbocycles. The number of allylic oxidation sites excluding steroid dienone is 6. The van der Waals surface area contributed by atoms with Crippen molar-refractivity contribution in [2.24, 2.45) is 29.6 Å². The van der Waals surface area contributed by atoms with Crippen LogP contribution in [0.3, 0.4) is 0 Å². The number of ketones is 2. The Hall–Kier alpha value is -2.07. The number of hydrogen-bond acceptors (Lipinski definition) is 3. The van der Waals surface area contributed by atoms with Crippen LogP contribution >= 0.6 is 0 Å². The summed E-state index contributed by atoms with van der Waals surface area (Å²) in [7, 11) is -1.55. The molecule has 0 saturated heterocycles. The standard InChI is InChI=1S/C23H20O3S/c1-12-2-8-17(9-3-12)27(26)23-16-7-6-15(11-16)20(23)21(24)18-13-4-5-14(10-13)19(18)22(23)25/h2-9,13-16,20H,10-11H2,1H3/t13-,14+,15-,16+,20+,23-,27?/m1/s1. The molecular weight excluding hydrogens is 356 g/mol. The normalized spacial score (nSPS) is 41.4. The van der Waals surface area contributed by atoms with Crippen LogP contribution in [-0.4, -0.2) is 20.5 Å². The zero-order valence-electron chi connectivity index (χ0n) is 15.1. The van der Waals surface area contributed by atoms with E-state index in [2.05, 4.69) is 18.2 Å². The van der Waals surface area contributed by atoms with Crippen LogP contribution in [0.15, 0.2) is 64.6 Å². The highest BCUT2D eigenvalue weighted by Gasteiger charge is 2.70. The van der Waals surface area contributed by atoms with Crippen molar-refractivity contribution in [3.05, 3.63) is 65.3 Å². The maximum atomic E-state index is 13.9. The summed E-state index contributed by atoms with van der Waals surface area (Å²) in [5, 5.41) is 0. The lowest BCUT2D eigenvalue weighted by molar-refractivity contribution is -0.129. The van der Waals surface area contributed by atoms with Crippen molar-refractivity contribution < 1.29 is 13.8 Å². The van der Waals surface area contributed by atoms with Crippen LogP contribution in [0.2, 0.25) is 0 Å². The summed E-state index contributed by atoms with van der Waals surface area (Å²) in [4.78, 5) is 28.2. The first kappa shape index (κ1) is 15.9. The first-order valence-corrected chi connectivity index (χ1v) is 10.9. The SMILES string of the molecule is Cc1ccc(S(=O)[C@@]23C(=O)C4=C(C(=O)[C@@H]2[C@@H]2C=C[C@H]3C2)[C@@H]2C=C[C@H]4C2)cc1. The highest BCUT2D eigenvalue weighted by atomic mass is 32.2. The fourth-order valence-electron chi connectivity index (χ4n) is 6.24. The van der Waals surface area contributed by atoms with Crippen LogP contribution < -0.4 is 0 Å². The molecule has 6 rings (SSSR count). The van der Waals surface area contributed by atoms with Crippen LogP contribution in [-0.2, 0) is 20.4 Å². The minimum atomic E-state index is -1.55. The lowest BCUT2D eigenvalue weighted by Gasteiger charge is -2.43. The fraction of sp³-hybridized carbons (Fsp3) is 0.391. The Labute approximate surface area is 160 Å². The van der Waals surface area contributed by atoms with E-state index in [1.165, 1.54) is 0 Å². The molecule has 1 aromatic rings. The van der Waals surface area contributed by atoms with Gasteiger partial charge in [0.15, 0.2) is 11.6 Å². The molecule has 0 radical (unpaired) electrons. The van der Waals surface area contributed by atoms with Gasteiger partial charge in [-0.05, 0) is 37.8 Å². The number of Topliss-reactive ketones (excluding diaryl/α,β-unsaturated/α-hetero) is 2. The number of carbonyl (C=O) groups excluding carboxylic acids is 2. The monoisotopic (exact) mass is 376 g/mol. The summed E-state index contributed by atoms with van der Waals surface area (Å²) in [6, 6.07) is 7.58. The van der Waals surface area contributed by atoms with Crippen molar-refractivity contribution in [1.82, 2.24) is 0 Å². The van der Waals surface area contributed by atoms with E-state index >= 15 is 0 Å². The number of aryl methyl sites for hydroxylation is 1. The molecule has 0 aliphatic heterocycles. The molecule has 1 fully saturated rings. The minimum absolute atomic E-state index is 0.00490. The second-order valence-corrected chi connectivity index (χ2v) is 10.3. The molecule has 1 aromatic carbocycles. The van der Waals surface area contributed by atoms with E-state index in [1.807, 2.05) is 37.3 Å². The highest BCUT2D eigenvalue weighted by molar-refractivity contribution is 7.87. The third kappa shape index (κ3) is 1.71. The third-order valence-electron chi connectivity index (χ3n) is 7.36. The molecule has 5 aliphatic rings. The fourth-order valence-corrected chi connectivity index (χ4v) is 8.26. The van der Waals surface area contributed by atoms with Gasteiger partial charge >= 0.3 is 0 Å². The van der Waals surface area contributed by atoms with Crippen LogP contribution in [0, 0.1) is 36.5 Å². The molecule has 136 valence electrons. The second-order valence-electron chi connectivity index (χ2n) is 8.60. The predicted octanol–water partition coefficient (Wildman–Crippen LogP) is 3.32. The average Bonchev–Trinajstić information content (AvgIpc) is 3.45. The maximum Gasteiger partial charge on any atom is 0.180 e. The molecule has 0 amide bonds. The van der Waals surface area contributed by atoms with E-state index in [9.17, 15) is 13.8 Å². The molecule has 27 heavy (non-hydrogen) atoms. The van der Waals surface area contributed by atoms with Gasteiger partial charge in [0.2, 0.25) is 0 Å². The number of hydrogen-bond donors (Lipinski definition) is 0. The lowest BCUT2D eigenvalue weighted by Crippen LogP contribution is -2.59. The average molecular weight is 376 g/mol. The lowest BCUT2D eigenvalue weighted by atomic mass is 9.66. The Morgan fingerprint density at radius 1 is 0.926 bits per heavy atom. The summed E-state index contributed by atoms with van der Waals surface area (Å²) in [5.74, 6) is -0.309. The summed E-state index contributed by atoms with van der Waals surface area (Å²) < 4.78 is 12.8. The van der Waals surface area contributed by atoms with Gasteiger partial charge in [-0.2, -0.15) is 0 Å². The molecule has 1 unspecified atom stereocenters. The van der Waals surface area contributed by atoms with E-state index in [-0.39, 0.29) is 35.2 Å². The summed E-state index contributed by atoms with van der Waals surface area (Å²) in [6.45, 7) is 1.99. The van der Waals surface area contributed by atoms with Crippen molar-refractivity contribution in [1.29, 1.82) is 0 Å². The molecule has 7 atom stereocenters. The van der Waals surface area contributed by atoms with Crippen molar-refractivity contribution in [3.63, 3.8) is 0 Å². The second kappa shape index (κ2) is 5.05. The Morgan fingerprint density at radius 2 is 1.63 bits per heavy atom. The maximum absolute atomic E-state index is 13.9. The van der Waals surface area contributed by atoms with E-state index < -0.39 is 21.5 Å². The van der Waals surface area contributed by atoms with Gasteiger partial charge in [0, 0.05) is 33.8 Å². The van der Waals surface area contributed by atoms with Gasteiger partial charge in [0.1, 0.15) is 4.75 Å². The molecule has 1 saturated carbocycles. The predicted molar refractivity (Wildman–Crippen MR) is 102 cm³/mol. The number of rotatable bonds is 2. The Morgan fingerprint density at radius 3 is 2.37 bits per heavy atom. The summed E-state index contributed by atoms with van der Waals surface area (Å²) in [5.41, 5.74) is 2.52. The smallest absolute Gasteiger partial charge is 0.180 e. The van der Waals surface area contributed by atoms with Gasteiger partial charge in [0.25, 0.3) is 0 Å². The molecule has 3 nitrogen and oxygen atoms in total. The van der Waals surface area contributed by atoms with Gasteiger partial charge in [-0.3, -0.25) is 13.8 Å². The highest BCUT2D eigenvalue weighted by Crippen LogP contribution is 2.62. The zero-order valence-corrected chi connectivity index (χ0v) is 15.9. The summed E-state index contributed by atoms with van der Waals surface area (Å²) in [6.07, 6.45) is 9.89. The van der Waals surface area contributed by atoms with Crippen molar-refractivity contribution in [2.75, 3.05) is 0 Å². The Bertz CT molecular complexity index is 1030. The molecule has 0 N–H and O–H groups in total. The minimum Gasteiger partial charge on any atom is -0.294 e. The first-order chi connectivity index (χ1) is 13.0. The molecule has 4 heteroatoms. The Kier molecular flexibility index (Phi) is 2.98. The molecule has 0 spiro atoms. The third-order valence-corrected chi connectivity index (χ3v) is 9.42. The summed E-state index contributed by atoms with van der Waals surface area (Å²) >= 11 is 0. The van der Waals surface area contributed by atoms with Crippen molar-refractivity contribution >= 4 is 22.4 Å². The van der Waals surface area contributed by atoms with Gasteiger partial charge in [0.05, 0.1) is 16.7 Å². The van der Waals surface area contributed by atoms with Crippen LogP contribution in [0.4, 0.5) is 0 Å². The number of benzene rings is 1. The van der Waals surface area contributed by atoms with Gasteiger partial charge in [-0.15, -0.1) is 0 Å². The van der Waals surface area contributed by atoms with E-state index in [1.54, 1.807) is 0 Å². The zero-order chi connectivity index (χ0) is 18.5. The first-order valence-electron chi connectivity index (χ1n) is 9.71. The molecule has 0 heterocycles. The van der Waals surface area contributed by atoms with Gasteiger partial charge < -0.3 is 0 Å². The Balaban J connectivity index is 1.57. The van der Waals surface area contributed by atoms with E-state index in [0.29, 0.717) is 10.5 Å². The number of fused-ring (bicyclic) bond motifs is 9. The quantitative estimate of drug-likeness (QED) is 0.744. The number of carbonyl (C=O) groups is 2. The van der Waals surface area contributed by atoms with E-state index in [4.69, 9.17) is 0 Å². The van der Waals surface area contributed by atoms with Crippen LogP contribution in [0.5, 0.6) is 0 Å². The van der Waals surface area contributed by atoms with Gasteiger partial charge in [-0.1, -0.05) is 42.0 Å². The van der Waals surface area contributed by atoms with Gasteiger partial charge in [-0.25, -0.2) is 0 Å². The molecule has 4 bridgehead atoms. The van der Waals surface area contributed by atoms with Crippen LogP contribution in [0.25, 0.3) is 0 Å². The topological polar surface area (TPSA) is 51.2 Å². The van der Waals surface area contributed by atoms with Crippen molar-refractivity contribution in [3.8, 4) is 0 Å². The van der Waals surface area contributed by atoms with Crippen molar-refractivity contribution in [2.45, 2.75) is 29.4 Å².